The fraction of sp³-hybridized carbons (Fsp3) is 0.357. The standard InChI is InChI=1S/C14H19N3/c1-3-13-10(2)16-14(17-13)12(15)9-11-7-5-4-6-8-11/h4-8,12H,3,9,15H2,1-2H3,(H,16,17)/t12-/m1/s1. The molecule has 0 spiro atoms. The van der Waals surface area contributed by atoms with Gasteiger partial charge < -0.3 is 10.7 Å². The van der Waals surface area contributed by atoms with Crippen molar-refractivity contribution in [2.45, 2.75) is 32.7 Å². The second-order valence-electron chi connectivity index (χ2n) is 4.34. The van der Waals surface area contributed by atoms with E-state index in [1.165, 1.54) is 5.56 Å². The summed E-state index contributed by atoms with van der Waals surface area (Å²) in [6, 6.07) is 10.2. The number of imidazole rings is 1. The predicted octanol–water partition coefficient (Wildman–Crippen LogP) is 2.52. The number of nitrogens with zero attached hydrogens (tertiary/aromatic N) is 1. The lowest BCUT2D eigenvalue weighted by molar-refractivity contribution is 0.674. The van der Waals surface area contributed by atoms with Crippen molar-refractivity contribution in [3.05, 3.63) is 53.1 Å². The second-order valence-corrected chi connectivity index (χ2v) is 4.34. The first-order valence-electron chi connectivity index (χ1n) is 6.05. The Labute approximate surface area is 102 Å². The van der Waals surface area contributed by atoms with Crippen LogP contribution in [-0.2, 0) is 12.8 Å². The zero-order chi connectivity index (χ0) is 12.3. The third kappa shape index (κ3) is 2.74. The Hall–Kier alpha value is -1.61. The van der Waals surface area contributed by atoms with E-state index in [0.29, 0.717) is 0 Å². The van der Waals surface area contributed by atoms with Crippen molar-refractivity contribution in [2.24, 2.45) is 5.73 Å². The van der Waals surface area contributed by atoms with Crippen molar-refractivity contribution in [3.8, 4) is 0 Å². The summed E-state index contributed by atoms with van der Waals surface area (Å²) in [6.45, 7) is 4.15. The lowest BCUT2D eigenvalue weighted by atomic mass is 10.1. The van der Waals surface area contributed by atoms with Crippen LogP contribution in [0.15, 0.2) is 30.3 Å². The van der Waals surface area contributed by atoms with Crippen LogP contribution in [0.5, 0.6) is 0 Å². The number of nitrogens with one attached hydrogen (secondary N) is 1. The third-order valence-electron chi connectivity index (χ3n) is 2.99. The van der Waals surface area contributed by atoms with Crippen molar-refractivity contribution in [1.29, 1.82) is 0 Å². The minimum atomic E-state index is -0.0589. The Morgan fingerprint density at radius 1 is 1.29 bits per heavy atom. The fourth-order valence-corrected chi connectivity index (χ4v) is 2.01. The zero-order valence-corrected chi connectivity index (χ0v) is 10.4. The molecule has 1 atom stereocenters. The molecular formula is C14H19N3. The molecule has 0 amide bonds. The van der Waals surface area contributed by atoms with Gasteiger partial charge in [0.05, 0.1) is 11.7 Å². The summed E-state index contributed by atoms with van der Waals surface area (Å²) in [6.07, 6.45) is 1.76. The third-order valence-corrected chi connectivity index (χ3v) is 2.99. The van der Waals surface area contributed by atoms with E-state index in [4.69, 9.17) is 5.73 Å². The van der Waals surface area contributed by atoms with Gasteiger partial charge in [0.1, 0.15) is 5.82 Å². The molecule has 3 heteroatoms. The van der Waals surface area contributed by atoms with Crippen molar-refractivity contribution in [1.82, 2.24) is 9.97 Å². The minimum Gasteiger partial charge on any atom is -0.345 e. The molecule has 0 saturated carbocycles. The van der Waals surface area contributed by atoms with Crippen LogP contribution in [0.25, 0.3) is 0 Å². The average Bonchev–Trinajstić information content (AvgIpc) is 2.72. The molecule has 1 heterocycles. The molecule has 0 aliphatic carbocycles. The zero-order valence-electron chi connectivity index (χ0n) is 10.4. The van der Waals surface area contributed by atoms with Gasteiger partial charge >= 0.3 is 0 Å². The van der Waals surface area contributed by atoms with Gasteiger partial charge in [0.25, 0.3) is 0 Å². The summed E-state index contributed by atoms with van der Waals surface area (Å²) >= 11 is 0. The molecule has 1 aromatic heterocycles. The lowest BCUT2D eigenvalue weighted by Crippen LogP contribution is -2.15. The Morgan fingerprint density at radius 3 is 2.59 bits per heavy atom. The van der Waals surface area contributed by atoms with Gasteiger partial charge in [-0.2, -0.15) is 0 Å². The van der Waals surface area contributed by atoms with Crippen LogP contribution < -0.4 is 5.73 Å². The van der Waals surface area contributed by atoms with Crippen molar-refractivity contribution >= 4 is 0 Å². The van der Waals surface area contributed by atoms with Crippen molar-refractivity contribution < 1.29 is 0 Å². The number of hydrogen-bond donors (Lipinski definition) is 2. The van der Waals surface area contributed by atoms with E-state index in [1.807, 2.05) is 25.1 Å². The molecule has 2 aromatic rings. The number of H-pyrrole nitrogens is 1. The Morgan fingerprint density at radius 2 is 2.00 bits per heavy atom. The number of aryl methyl sites for hydroxylation is 2. The summed E-state index contributed by atoms with van der Waals surface area (Å²) in [5.74, 6) is 0.892. The summed E-state index contributed by atoms with van der Waals surface area (Å²) in [4.78, 5) is 7.82. The van der Waals surface area contributed by atoms with Crippen LogP contribution in [-0.4, -0.2) is 9.97 Å². The molecule has 3 N–H and O–H groups in total. The highest BCUT2D eigenvalue weighted by Gasteiger charge is 2.12. The highest BCUT2D eigenvalue weighted by Crippen LogP contribution is 2.15. The Balaban J connectivity index is 2.12. The molecule has 0 radical (unpaired) electrons. The maximum Gasteiger partial charge on any atom is 0.123 e. The molecule has 0 fully saturated rings. The second kappa shape index (κ2) is 5.15. The summed E-state index contributed by atoms with van der Waals surface area (Å²) in [7, 11) is 0. The van der Waals surface area contributed by atoms with Crippen LogP contribution in [0, 0.1) is 6.92 Å². The molecule has 0 unspecified atom stereocenters. The fourth-order valence-electron chi connectivity index (χ4n) is 2.01. The summed E-state index contributed by atoms with van der Waals surface area (Å²) in [5.41, 5.74) is 9.66. The van der Waals surface area contributed by atoms with Gasteiger partial charge in [0, 0.05) is 5.69 Å². The molecule has 90 valence electrons. The first-order chi connectivity index (χ1) is 8.20. The van der Waals surface area contributed by atoms with Gasteiger partial charge in [0.2, 0.25) is 0 Å². The highest BCUT2D eigenvalue weighted by atomic mass is 15.0. The normalized spacial score (nSPS) is 12.6. The van der Waals surface area contributed by atoms with Crippen LogP contribution in [0.4, 0.5) is 0 Å². The van der Waals surface area contributed by atoms with Gasteiger partial charge in [-0.3, -0.25) is 0 Å². The quantitative estimate of drug-likeness (QED) is 0.846. The predicted molar refractivity (Wildman–Crippen MR) is 69.8 cm³/mol. The molecule has 17 heavy (non-hydrogen) atoms. The van der Waals surface area contributed by atoms with Gasteiger partial charge in [-0.25, -0.2) is 4.98 Å². The van der Waals surface area contributed by atoms with E-state index in [-0.39, 0.29) is 6.04 Å². The first kappa shape index (κ1) is 11.9. The largest absolute Gasteiger partial charge is 0.345 e. The average molecular weight is 229 g/mol. The number of benzene rings is 1. The maximum absolute atomic E-state index is 6.17. The smallest absolute Gasteiger partial charge is 0.123 e. The number of rotatable bonds is 4. The molecular weight excluding hydrogens is 210 g/mol. The Bertz CT molecular complexity index is 473. The van der Waals surface area contributed by atoms with Crippen LogP contribution >= 0.6 is 0 Å². The minimum absolute atomic E-state index is 0.0589. The number of hydrogen-bond acceptors (Lipinski definition) is 2. The molecule has 3 nitrogen and oxygen atoms in total. The molecule has 2 rings (SSSR count). The molecule has 0 saturated heterocycles. The van der Waals surface area contributed by atoms with Crippen LogP contribution in [0.3, 0.4) is 0 Å². The maximum atomic E-state index is 6.17. The summed E-state index contributed by atoms with van der Waals surface area (Å²) in [5, 5.41) is 0. The molecule has 0 bridgehead atoms. The van der Waals surface area contributed by atoms with E-state index in [2.05, 4.69) is 29.0 Å². The van der Waals surface area contributed by atoms with Crippen molar-refractivity contribution in [2.75, 3.05) is 0 Å². The summed E-state index contributed by atoms with van der Waals surface area (Å²) < 4.78 is 0. The van der Waals surface area contributed by atoms with Crippen LogP contribution in [0.2, 0.25) is 0 Å². The number of aromatic amines is 1. The lowest BCUT2D eigenvalue weighted by Gasteiger charge is -2.08. The van der Waals surface area contributed by atoms with Gasteiger partial charge in [-0.15, -0.1) is 0 Å². The van der Waals surface area contributed by atoms with E-state index < -0.39 is 0 Å². The molecule has 1 aromatic carbocycles. The SMILES string of the molecule is CCc1nc([C@H](N)Cc2ccccc2)[nH]c1C. The van der Waals surface area contributed by atoms with Gasteiger partial charge in [-0.1, -0.05) is 37.3 Å². The molecule has 0 aliphatic heterocycles. The van der Waals surface area contributed by atoms with Gasteiger partial charge in [-0.05, 0) is 25.3 Å². The van der Waals surface area contributed by atoms with E-state index >= 15 is 0 Å². The van der Waals surface area contributed by atoms with Crippen molar-refractivity contribution in [3.63, 3.8) is 0 Å². The van der Waals surface area contributed by atoms with E-state index in [9.17, 15) is 0 Å². The number of nitrogens with two attached hydrogens (primary N) is 1. The van der Waals surface area contributed by atoms with Crippen LogP contribution in [0.1, 0.15) is 35.7 Å². The monoisotopic (exact) mass is 229 g/mol. The Kier molecular flexibility index (Phi) is 3.59. The number of aromatic nitrogens is 2. The highest BCUT2D eigenvalue weighted by molar-refractivity contribution is 5.19. The van der Waals surface area contributed by atoms with E-state index in [0.717, 1.165) is 30.1 Å². The van der Waals surface area contributed by atoms with Gasteiger partial charge in [0.15, 0.2) is 0 Å². The topological polar surface area (TPSA) is 54.7 Å². The van der Waals surface area contributed by atoms with E-state index in [1.54, 1.807) is 0 Å². The molecule has 0 aliphatic rings. The first-order valence-corrected chi connectivity index (χ1v) is 6.05.